The molecule has 0 aliphatic carbocycles. The molecule has 4 heteroatoms. The minimum Gasteiger partial charge on any atom is -0.459 e. The lowest BCUT2D eigenvalue weighted by Gasteiger charge is -2.01. The van der Waals surface area contributed by atoms with Gasteiger partial charge in [-0.1, -0.05) is 40.6 Å². The molecule has 0 aliphatic heterocycles. The minimum absolute atomic E-state index is 0.117. The van der Waals surface area contributed by atoms with Gasteiger partial charge < -0.3 is 4.42 Å². The Morgan fingerprint density at radius 2 is 2.29 bits per heavy atom. The van der Waals surface area contributed by atoms with E-state index in [9.17, 15) is 4.79 Å². The molecule has 0 radical (unpaired) electrons. The second kappa shape index (κ2) is 6.82. The van der Waals surface area contributed by atoms with E-state index in [1.54, 1.807) is 6.08 Å². The van der Waals surface area contributed by atoms with E-state index in [1.807, 2.05) is 13.0 Å². The maximum atomic E-state index is 11.4. The molecule has 17 heavy (non-hydrogen) atoms. The molecule has 1 aromatic heterocycles. The molecule has 0 aromatic carbocycles. The Kier molecular flexibility index (Phi) is 5.72. The molecular formula is C13H14BrClO2. The average molecular weight is 318 g/mol. The van der Waals surface area contributed by atoms with Crippen LogP contribution in [0, 0.1) is 0 Å². The smallest absolute Gasteiger partial charge is 0.185 e. The number of halogens is 2. The van der Waals surface area contributed by atoms with Gasteiger partial charge in [-0.2, -0.15) is 0 Å². The fourth-order valence-corrected chi connectivity index (χ4v) is 1.64. The van der Waals surface area contributed by atoms with Crippen molar-refractivity contribution in [1.82, 2.24) is 0 Å². The maximum Gasteiger partial charge on any atom is 0.185 e. The number of hydrogen-bond acceptors (Lipinski definition) is 2. The molecule has 0 saturated carbocycles. The van der Waals surface area contributed by atoms with Crippen LogP contribution in [0.2, 0.25) is 0 Å². The first-order valence-corrected chi connectivity index (χ1v) is 6.66. The normalized spacial score (nSPS) is 14.2. The Labute approximate surface area is 114 Å². The first-order valence-electron chi connectivity index (χ1n) is 5.31. The van der Waals surface area contributed by atoms with Gasteiger partial charge in [0.1, 0.15) is 15.8 Å². The predicted octanol–water partition coefficient (Wildman–Crippen LogP) is 4.64. The second-order valence-corrected chi connectivity index (χ2v) is 5.47. The van der Waals surface area contributed by atoms with Gasteiger partial charge in [0.05, 0.1) is 0 Å². The Morgan fingerprint density at radius 1 is 1.59 bits per heavy atom. The third-order valence-corrected chi connectivity index (χ3v) is 2.72. The fourth-order valence-electron chi connectivity index (χ4n) is 1.31. The van der Waals surface area contributed by atoms with Crippen LogP contribution >= 0.6 is 27.5 Å². The van der Waals surface area contributed by atoms with Gasteiger partial charge >= 0.3 is 0 Å². The SMILES string of the molecule is CC/C=C(C)/C=C/c1cc(=O)cc([C@@H](Cl)Br)o1. The van der Waals surface area contributed by atoms with Crippen LogP contribution in [-0.4, -0.2) is 0 Å². The highest BCUT2D eigenvalue weighted by molar-refractivity contribution is 9.09. The summed E-state index contributed by atoms with van der Waals surface area (Å²) in [7, 11) is 0. The van der Waals surface area contributed by atoms with E-state index < -0.39 is 4.29 Å². The molecule has 1 heterocycles. The van der Waals surface area contributed by atoms with Crippen LogP contribution in [0.4, 0.5) is 0 Å². The van der Waals surface area contributed by atoms with Gasteiger partial charge in [-0.25, -0.2) is 0 Å². The van der Waals surface area contributed by atoms with E-state index in [0.717, 1.165) is 12.0 Å². The summed E-state index contributed by atoms with van der Waals surface area (Å²) in [6.45, 7) is 4.07. The summed E-state index contributed by atoms with van der Waals surface area (Å²) < 4.78 is 4.97. The van der Waals surface area contributed by atoms with Crippen molar-refractivity contribution in [3.63, 3.8) is 0 Å². The molecule has 2 nitrogen and oxygen atoms in total. The van der Waals surface area contributed by atoms with E-state index in [4.69, 9.17) is 16.0 Å². The second-order valence-electron chi connectivity index (χ2n) is 3.59. The highest BCUT2D eigenvalue weighted by Gasteiger charge is 2.07. The quantitative estimate of drug-likeness (QED) is 0.598. The van der Waals surface area contributed by atoms with Crippen molar-refractivity contribution in [1.29, 1.82) is 0 Å². The molecule has 0 spiro atoms. The number of rotatable bonds is 4. The van der Waals surface area contributed by atoms with Crippen molar-refractivity contribution >= 4 is 33.6 Å². The Balaban J connectivity index is 2.99. The Hall–Kier alpha value is -0.800. The summed E-state index contributed by atoms with van der Waals surface area (Å²) in [6.07, 6.45) is 6.74. The van der Waals surface area contributed by atoms with Crippen molar-refractivity contribution < 1.29 is 4.42 Å². The first kappa shape index (κ1) is 14.3. The molecule has 0 N–H and O–H groups in total. The van der Waals surface area contributed by atoms with Crippen molar-refractivity contribution in [3.8, 4) is 0 Å². The molecule has 0 saturated heterocycles. The van der Waals surface area contributed by atoms with Gasteiger partial charge in [0, 0.05) is 12.1 Å². The van der Waals surface area contributed by atoms with Gasteiger partial charge in [0.15, 0.2) is 5.43 Å². The van der Waals surface area contributed by atoms with E-state index in [-0.39, 0.29) is 5.43 Å². The third-order valence-electron chi connectivity index (χ3n) is 2.06. The monoisotopic (exact) mass is 316 g/mol. The molecular weight excluding hydrogens is 303 g/mol. The standard InChI is InChI=1S/C13H14BrClO2/c1-3-4-9(2)5-6-11-7-10(16)8-12(17-11)13(14)15/h4-8,13H,3H2,1-2H3/b6-5+,9-4+/t13-/m1/s1. The molecule has 1 aromatic rings. The lowest BCUT2D eigenvalue weighted by atomic mass is 10.2. The zero-order chi connectivity index (χ0) is 12.8. The highest BCUT2D eigenvalue weighted by Crippen LogP contribution is 2.26. The molecule has 1 rings (SSSR count). The largest absolute Gasteiger partial charge is 0.459 e. The summed E-state index contributed by atoms with van der Waals surface area (Å²) >= 11 is 8.96. The van der Waals surface area contributed by atoms with Crippen LogP contribution < -0.4 is 5.43 Å². The third kappa shape index (κ3) is 4.92. The summed E-state index contributed by atoms with van der Waals surface area (Å²) in [5.41, 5.74) is 1.01. The van der Waals surface area contributed by atoms with E-state index >= 15 is 0 Å². The topological polar surface area (TPSA) is 30.2 Å². The Bertz CT molecular complexity index is 486. The zero-order valence-electron chi connectivity index (χ0n) is 9.74. The predicted molar refractivity (Wildman–Crippen MR) is 75.6 cm³/mol. The zero-order valence-corrected chi connectivity index (χ0v) is 12.1. The summed E-state index contributed by atoms with van der Waals surface area (Å²) in [6, 6.07) is 2.81. The maximum absolute atomic E-state index is 11.4. The van der Waals surface area contributed by atoms with Gasteiger partial charge in [0.2, 0.25) is 0 Å². The van der Waals surface area contributed by atoms with Crippen LogP contribution in [0.15, 0.2) is 39.1 Å². The van der Waals surface area contributed by atoms with Crippen LogP contribution in [0.25, 0.3) is 6.08 Å². The molecule has 1 atom stereocenters. The van der Waals surface area contributed by atoms with Crippen molar-refractivity contribution in [2.24, 2.45) is 0 Å². The van der Waals surface area contributed by atoms with Gasteiger partial charge in [-0.3, -0.25) is 4.79 Å². The molecule has 0 aliphatic rings. The van der Waals surface area contributed by atoms with E-state index in [2.05, 4.69) is 28.9 Å². The first-order chi connectivity index (χ1) is 8.02. The summed E-state index contributed by atoms with van der Waals surface area (Å²) in [5, 5.41) is 0. The number of allylic oxidation sites excluding steroid dienone is 3. The van der Waals surface area contributed by atoms with E-state index in [0.29, 0.717) is 11.5 Å². The van der Waals surface area contributed by atoms with Crippen molar-refractivity contribution in [3.05, 3.63) is 51.6 Å². The molecule has 0 bridgehead atoms. The molecule has 0 unspecified atom stereocenters. The van der Waals surface area contributed by atoms with Crippen molar-refractivity contribution in [2.75, 3.05) is 0 Å². The van der Waals surface area contributed by atoms with Crippen LogP contribution in [0.3, 0.4) is 0 Å². The lowest BCUT2D eigenvalue weighted by molar-refractivity contribution is 0.499. The van der Waals surface area contributed by atoms with Gasteiger partial charge in [-0.05, 0) is 19.4 Å². The van der Waals surface area contributed by atoms with Crippen molar-refractivity contribution in [2.45, 2.75) is 24.6 Å². The average Bonchev–Trinajstić information content (AvgIpc) is 2.26. The molecule has 92 valence electrons. The summed E-state index contributed by atoms with van der Waals surface area (Å²) in [5.74, 6) is 0.914. The van der Waals surface area contributed by atoms with Gasteiger partial charge in [-0.15, -0.1) is 11.6 Å². The minimum atomic E-state index is -0.490. The van der Waals surface area contributed by atoms with Crippen LogP contribution in [0.5, 0.6) is 0 Å². The molecule has 0 fully saturated rings. The van der Waals surface area contributed by atoms with Crippen LogP contribution in [0.1, 0.15) is 36.1 Å². The highest BCUT2D eigenvalue weighted by atomic mass is 79.9. The summed E-state index contributed by atoms with van der Waals surface area (Å²) in [4.78, 5) is 11.4. The molecule has 0 amide bonds. The number of hydrogen-bond donors (Lipinski definition) is 0. The van der Waals surface area contributed by atoms with E-state index in [1.165, 1.54) is 12.1 Å². The Morgan fingerprint density at radius 3 is 2.88 bits per heavy atom. The lowest BCUT2D eigenvalue weighted by Crippen LogP contribution is -2.00. The van der Waals surface area contributed by atoms with Crippen LogP contribution in [-0.2, 0) is 0 Å². The van der Waals surface area contributed by atoms with Gasteiger partial charge in [0.25, 0.3) is 0 Å². The fraction of sp³-hybridized carbons (Fsp3) is 0.308. The number of alkyl halides is 2.